The predicted octanol–water partition coefficient (Wildman–Crippen LogP) is 1.78. The zero-order chi connectivity index (χ0) is 15.6. The molecular weight excluding hydrogens is 276 g/mol. The average molecular weight is 298 g/mol. The van der Waals surface area contributed by atoms with E-state index in [1.807, 2.05) is 36.4 Å². The summed E-state index contributed by atoms with van der Waals surface area (Å²) in [5.74, 6) is 1.34. The maximum Gasteiger partial charge on any atom is 0.188 e. The van der Waals surface area contributed by atoms with Crippen LogP contribution >= 0.6 is 0 Å². The van der Waals surface area contributed by atoms with E-state index in [0.29, 0.717) is 12.5 Å². The van der Waals surface area contributed by atoms with Crippen molar-refractivity contribution < 1.29 is 4.74 Å². The Morgan fingerprint density at radius 3 is 2.91 bits per heavy atom. The van der Waals surface area contributed by atoms with Crippen LogP contribution in [0.15, 0.2) is 53.7 Å². The van der Waals surface area contributed by atoms with Crippen LogP contribution in [0.4, 0.5) is 0 Å². The highest BCUT2D eigenvalue weighted by Crippen LogP contribution is 2.12. The molecule has 2 rings (SSSR count). The van der Waals surface area contributed by atoms with Gasteiger partial charge in [0.2, 0.25) is 0 Å². The Morgan fingerprint density at radius 1 is 1.23 bits per heavy atom. The molecule has 1 aromatic carbocycles. The van der Waals surface area contributed by atoms with Crippen molar-refractivity contribution >= 4 is 5.96 Å². The molecule has 5 nitrogen and oxygen atoms in total. The molecule has 0 bridgehead atoms. The molecule has 3 N–H and O–H groups in total. The molecule has 0 radical (unpaired) electrons. The fourth-order valence-corrected chi connectivity index (χ4v) is 2.06. The van der Waals surface area contributed by atoms with E-state index in [1.54, 1.807) is 13.3 Å². The van der Waals surface area contributed by atoms with Crippen LogP contribution in [0.25, 0.3) is 0 Å². The van der Waals surface area contributed by atoms with Crippen molar-refractivity contribution in [2.24, 2.45) is 10.7 Å². The van der Waals surface area contributed by atoms with Crippen LogP contribution in [-0.2, 0) is 12.8 Å². The fraction of sp³-hybridized carbons (Fsp3) is 0.294. The van der Waals surface area contributed by atoms with Crippen molar-refractivity contribution in [1.82, 2.24) is 10.3 Å². The van der Waals surface area contributed by atoms with Gasteiger partial charge >= 0.3 is 0 Å². The highest BCUT2D eigenvalue weighted by atomic mass is 16.5. The molecule has 0 spiro atoms. The molecule has 22 heavy (non-hydrogen) atoms. The fourth-order valence-electron chi connectivity index (χ4n) is 2.06. The summed E-state index contributed by atoms with van der Waals surface area (Å²) in [4.78, 5) is 8.55. The maximum absolute atomic E-state index is 5.85. The van der Waals surface area contributed by atoms with Gasteiger partial charge in [0.05, 0.1) is 7.11 Å². The molecule has 0 aliphatic heterocycles. The number of methoxy groups -OCH3 is 1. The molecule has 0 aliphatic rings. The highest BCUT2D eigenvalue weighted by molar-refractivity contribution is 5.77. The quantitative estimate of drug-likeness (QED) is 0.604. The molecule has 0 fully saturated rings. The lowest BCUT2D eigenvalue weighted by Crippen LogP contribution is -2.33. The SMILES string of the molecule is COc1cccc(CCNC(N)=NCCc2ccccn2)c1. The van der Waals surface area contributed by atoms with E-state index in [1.165, 1.54) is 5.56 Å². The normalized spacial score (nSPS) is 11.2. The Hall–Kier alpha value is -2.56. The summed E-state index contributed by atoms with van der Waals surface area (Å²) in [6, 6.07) is 13.9. The number of aliphatic imine (C=N–C) groups is 1. The monoisotopic (exact) mass is 298 g/mol. The second-order valence-electron chi connectivity index (χ2n) is 4.87. The molecule has 2 aromatic rings. The lowest BCUT2D eigenvalue weighted by atomic mass is 10.1. The minimum absolute atomic E-state index is 0.471. The van der Waals surface area contributed by atoms with Gasteiger partial charge in [-0.1, -0.05) is 18.2 Å². The number of rotatable bonds is 7. The molecule has 0 atom stereocenters. The molecule has 0 saturated carbocycles. The Balaban J connectivity index is 1.70. The van der Waals surface area contributed by atoms with Crippen molar-refractivity contribution in [3.8, 4) is 5.75 Å². The van der Waals surface area contributed by atoms with Crippen molar-refractivity contribution in [2.45, 2.75) is 12.8 Å². The minimum Gasteiger partial charge on any atom is -0.497 e. The van der Waals surface area contributed by atoms with Crippen LogP contribution in [0.5, 0.6) is 5.75 Å². The number of guanidine groups is 1. The number of nitrogens with two attached hydrogens (primary N) is 1. The summed E-state index contributed by atoms with van der Waals surface area (Å²) >= 11 is 0. The number of pyridine rings is 1. The van der Waals surface area contributed by atoms with Crippen LogP contribution in [0.3, 0.4) is 0 Å². The third-order valence-corrected chi connectivity index (χ3v) is 3.23. The van der Waals surface area contributed by atoms with Crippen LogP contribution in [0.2, 0.25) is 0 Å². The number of benzene rings is 1. The summed E-state index contributed by atoms with van der Waals surface area (Å²) < 4.78 is 5.20. The molecule has 116 valence electrons. The van der Waals surface area contributed by atoms with Crippen LogP contribution in [-0.4, -0.2) is 31.1 Å². The van der Waals surface area contributed by atoms with Gasteiger partial charge in [0, 0.05) is 31.4 Å². The zero-order valence-electron chi connectivity index (χ0n) is 12.8. The molecule has 0 amide bonds. The van der Waals surface area contributed by atoms with Gasteiger partial charge in [0.15, 0.2) is 5.96 Å². The first-order valence-electron chi connectivity index (χ1n) is 7.34. The standard InChI is InChI=1S/C17H22N4O/c1-22-16-7-4-5-14(13-16)8-11-20-17(18)21-12-9-15-6-2-3-10-19-15/h2-7,10,13H,8-9,11-12H2,1H3,(H3,18,20,21). The van der Waals surface area contributed by atoms with Gasteiger partial charge in [-0.05, 0) is 36.2 Å². The third kappa shape index (κ3) is 5.44. The number of nitrogens with one attached hydrogen (secondary N) is 1. The molecular formula is C17H22N4O. The first-order valence-corrected chi connectivity index (χ1v) is 7.34. The molecule has 0 unspecified atom stereocenters. The number of aromatic nitrogens is 1. The first kappa shape index (κ1) is 15.8. The predicted molar refractivity (Wildman–Crippen MR) is 89.1 cm³/mol. The second-order valence-corrected chi connectivity index (χ2v) is 4.87. The van der Waals surface area contributed by atoms with Gasteiger partial charge < -0.3 is 15.8 Å². The van der Waals surface area contributed by atoms with Gasteiger partial charge in [0.1, 0.15) is 5.75 Å². The maximum atomic E-state index is 5.85. The van der Waals surface area contributed by atoms with Crippen molar-refractivity contribution in [3.05, 3.63) is 59.9 Å². The summed E-state index contributed by atoms with van der Waals surface area (Å²) in [6.07, 6.45) is 3.45. The van der Waals surface area contributed by atoms with E-state index in [0.717, 1.165) is 30.8 Å². The van der Waals surface area contributed by atoms with Crippen LogP contribution < -0.4 is 15.8 Å². The summed E-state index contributed by atoms with van der Waals surface area (Å²) in [6.45, 7) is 1.38. The van der Waals surface area contributed by atoms with Crippen molar-refractivity contribution in [3.63, 3.8) is 0 Å². The van der Waals surface area contributed by atoms with E-state index < -0.39 is 0 Å². The number of hydrogen-bond donors (Lipinski definition) is 2. The number of nitrogens with zero attached hydrogens (tertiary/aromatic N) is 2. The lowest BCUT2D eigenvalue weighted by Gasteiger charge is -2.07. The van der Waals surface area contributed by atoms with E-state index in [2.05, 4.69) is 21.4 Å². The molecule has 0 aliphatic carbocycles. The second kappa shape index (κ2) is 8.67. The Kier molecular flexibility index (Phi) is 6.23. The largest absolute Gasteiger partial charge is 0.497 e. The van der Waals surface area contributed by atoms with E-state index in [9.17, 15) is 0 Å². The first-order chi connectivity index (χ1) is 10.8. The topological polar surface area (TPSA) is 72.5 Å². The summed E-state index contributed by atoms with van der Waals surface area (Å²) in [5, 5.41) is 3.12. The Labute approximate surface area is 131 Å². The van der Waals surface area contributed by atoms with Crippen LogP contribution in [0.1, 0.15) is 11.3 Å². The van der Waals surface area contributed by atoms with Gasteiger partial charge in [-0.25, -0.2) is 0 Å². The molecule has 1 heterocycles. The molecule has 1 aromatic heterocycles. The van der Waals surface area contributed by atoms with Gasteiger partial charge in [-0.2, -0.15) is 0 Å². The van der Waals surface area contributed by atoms with Crippen molar-refractivity contribution in [1.29, 1.82) is 0 Å². The van der Waals surface area contributed by atoms with Crippen LogP contribution in [0, 0.1) is 0 Å². The highest BCUT2D eigenvalue weighted by Gasteiger charge is 1.97. The van der Waals surface area contributed by atoms with E-state index in [-0.39, 0.29) is 0 Å². The Bertz CT molecular complexity index is 599. The van der Waals surface area contributed by atoms with Gasteiger partial charge in [0.25, 0.3) is 0 Å². The lowest BCUT2D eigenvalue weighted by molar-refractivity contribution is 0.414. The third-order valence-electron chi connectivity index (χ3n) is 3.23. The zero-order valence-corrected chi connectivity index (χ0v) is 12.8. The van der Waals surface area contributed by atoms with Crippen molar-refractivity contribution in [2.75, 3.05) is 20.2 Å². The number of ether oxygens (including phenoxy) is 1. The van der Waals surface area contributed by atoms with Gasteiger partial charge in [-0.15, -0.1) is 0 Å². The number of hydrogen-bond acceptors (Lipinski definition) is 3. The molecule has 0 saturated heterocycles. The minimum atomic E-state index is 0.471. The summed E-state index contributed by atoms with van der Waals surface area (Å²) in [7, 11) is 1.67. The molecule has 5 heteroatoms. The van der Waals surface area contributed by atoms with E-state index in [4.69, 9.17) is 10.5 Å². The smallest absolute Gasteiger partial charge is 0.188 e. The summed E-state index contributed by atoms with van der Waals surface area (Å²) in [5.41, 5.74) is 8.08. The van der Waals surface area contributed by atoms with Gasteiger partial charge in [-0.3, -0.25) is 9.98 Å². The average Bonchev–Trinajstić information content (AvgIpc) is 2.56. The Morgan fingerprint density at radius 2 is 2.14 bits per heavy atom. The van der Waals surface area contributed by atoms with E-state index >= 15 is 0 Å².